The fourth-order valence-corrected chi connectivity index (χ4v) is 0. The van der Waals surface area contributed by atoms with Gasteiger partial charge in [-0.3, -0.25) is 0 Å². The maximum absolute atomic E-state index is 8.46. The molecular formula is H4O8P4Zr+4. The summed E-state index contributed by atoms with van der Waals surface area (Å²) in [4.78, 5) is 27.9. The maximum atomic E-state index is 8.46. The Kier molecular flexibility index (Phi) is 165. The van der Waals surface area contributed by atoms with Crippen LogP contribution in [-0.2, 0) is 44.5 Å². The van der Waals surface area contributed by atoms with Crippen LogP contribution in [0.2, 0.25) is 0 Å². The quantitative estimate of drug-likeness (QED) is 0.469. The Morgan fingerprint density at radius 3 is 0.538 bits per heavy atom. The molecular weight excluding hydrogens is 343 g/mol. The molecule has 72 valence electrons. The molecule has 0 aliphatic carbocycles. The summed E-state index contributed by atoms with van der Waals surface area (Å²) in [5.74, 6) is 0. The average molecular weight is 347 g/mol. The first-order chi connectivity index (χ1) is 5.66. The van der Waals surface area contributed by atoms with Crippen LogP contribution in [0.25, 0.3) is 0 Å². The molecule has 0 heterocycles. The third-order valence-electron chi connectivity index (χ3n) is 0. The molecule has 0 aliphatic rings. The van der Waals surface area contributed by atoms with Crippen LogP contribution in [0, 0.1) is 0 Å². The Balaban J connectivity index is -0.0000000213. The first-order valence-electron chi connectivity index (χ1n) is 1.53. The molecule has 0 saturated carbocycles. The Labute approximate surface area is 98.6 Å². The molecule has 0 radical (unpaired) electrons. The Bertz CT molecular complexity index is 70.1. The van der Waals surface area contributed by atoms with Crippen LogP contribution in [0.5, 0.6) is 0 Å². The maximum Gasteiger partial charge on any atom is 4.00 e. The molecule has 0 aromatic rings. The van der Waals surface area contributed by atoms with Crippen LogP contribution in [-0.4, -0.2) is 19.6 Å². The van der Waals surface area contributed by atoms with E-state index in [1.165, 1.54) is 0 Å². The summed E-state index contributed by atoms with van der Waals surface area (Å²) >= 11 is 0. The van der Waals surface area contributed by atoms with Gasteiger partial charge in [0.15, 0.2) is 0 Å². The van der Waals surface area contributed by atoms with Crippen molar-refractivity contribution in [3.05, 3.63) is 0 Å². The van der Waals surface area contributed by atoms with Gasteiger partial charge in [0.25, 0.3) is 0 Å². The third-order valence-corrected chi connectivity index (χ3v) is 0. The second kappa shape index (κ2) is 73.5. The average Bonchev–Trinajstić information content (AvgIpc) is 1.92. The van der Waals surface area contributed by atoms with E-state index in [9.17, 15) is 0 Å². The summed E-state index contributed by atoms with van der Waals surface area (Å²) in [6, 6.07) is 0. The zero-order chi connectivity index (χ0) is 10.8. The molecule has 0 rings (SSSR count). The molecule has 0 aromatic heterocycles. The standard InChI is InChI=1S/4HO2P.Zr/c4*1-3-2;/h4*(H,1,2);/q;;;;+4. The van der Waals surface area contributed by atoms with Gasteiger partial charge in [0, 0.05) is 0 Å². The summed E-state index contributed by atoms with van der Waals surface area (Å²) in [5, 5.41) is 0. The molecule has 0 amide bonds. The zero-order valence-corrected chi connectivity index (χ0v) is 11.7. The summed E-state index contributed by atoms with van der Waals surface area (Å²) in [6.45, 7) is 0. The number of hydrogen-bond acceptors (Lipinski definition) is 4. The molecule has 0 aromatic carbocycles. The monoisotopic (exact) mass is 346 g/mol. The van der Waals surface area contributed by atoms with Crippen LogP contribution >= 0.6 is 34.7 Å². The topological polar surface area (TPSA) is 149 Å². The molecule has 13 heteroatoms. The molecule has 4 N–H and O–H groups in total. The van der Waals surface area contributed by atoms with E-state index in [0.717, 1.165) is 0 Å². The van der Waals surface area contributed by atoms with Crippen molar-refractivity contribution in [3.63, 3.8) is 0 Å². The van der Waals surface area contributed by atoms with E-state index < -0.39 is 34.7 Å². The molecule has 0 fully saturated rings. The van der Waals surface area contributed by atoms with Crippen molar-refractivity contribution >= 4 is 34.7 Å². The van der Waals surface area contributed by atoms with Crippen molar-refractivity contribution in [1.82, 2.24) is 0 Å². The zero-order valence-electron chi connectivity index (χ0n) is 5.71. The predicted octanol–water partition coefficient (Wildman–Crippen LogP) is 0.739. The van der Waals surface area contributed by atoms with Crippen molar-refractivity contribution in [2.45, 2.75) is 0 Å². The van der Waals surface area contributed by atoms with Crippen LogP contribution in [0.4, 0.5) is 0 Å². The first-order valence-corrected chi connectivity index (χ1v) is 4.59. The fourth-order valence-electron chi connectivity index (χ4n) is 0. The largest absolute Gasteiger partial charge is 4.00 e. The van der Waals surface area contributed by atoms with Gasteiger partial charge in [-0.1, -0.05) is 0 Å². The van der Waals surface area contributed by atoms with Crippen molar-refractivity contribution in [3.8, 4) is 0 Å². The molecule has 0 atom stereocenters. The van der Waals surface area contributed by atoms with E-state index in [2.05, 4.69) is 0 Å². The second-order valence-corrected chi connectivity index (χ2v) is 0.980. The van der Waals surface area contributed by atoms with E-state index in [0.29, 0.717) is 0 Å². The van der Waals surface area contributed by atoms with E-state index >= 15 is 0 Å². The van der Waals surface area contributed by atoms with Crippen LogP contribution in [0.1, 0.15) is 0 Å². The van der Waals surface area contributed by atoms with Crippen molar-refractivity contribution in [1.29, 1.82) is 0 Å². The molecule has 0 aliphatic heterocycles. The molecule has 0 unspecified atom stereocenters. The van der Waals surface area contributed by atoms with Crippen molar-refractivity contribution in [2.24, 2.45) is 0 Å². The van der Waals surface area contributed by atoms with Crippen LogP contribution in [0.3, 0.4) is 0 Å². The minimum atomic E-state index is -0.833. The first kappa shape index (κ1) is 29.2. The molecule has 8 nitrogen and oxygen atoms in total. The van der Waals surface area contributed by atoms with Gasteiger partial charge in [-0.15, -0.1) is 0 Å². The third kappa shape index (κ3) is 1290. The van der Waals surface area contributed by atoms with Gasteiger partial charge in [-0.05, 0) is 0 Å². The Morgan fingerprint density at radius 1 is 0.538 bits per heavy atom. The van der Waals surface area contributed by atoms with Gasteiger partial charge in [0.05, 0.1) is 0 Å². The molecule has 0 bridgehead atoms. The van der Waals surface area contributed by atoms with Crippen LogP contribution in [0.15, 0.2) is 0 Å². The Morgan fingerprint density at radius 2 is 0.538 bits per heavy atom. The van der Waals surface area contributed by atoms with Gasteiger partial charge in [-0.25, -0.2) is 18.3 Å². The smallest absolute Gasteiger partial charge is 0.310 e. The predicted molar refractivity (Wildman–Crippen MR) is 39.3 cm³/mol. The summed E-state index contributed by atoms with van der Waals surface area (Å²) in [5.41, 5.74) is 0. The second-order valence-electron chi connectivity index (χ2n) is 0.327. The van der Waals surface area contributed by atoms with E-state index in [-0.39, 0.29) is 26.2 Å². The minimum Gasteiger partial charge on any atom is -0.310 e. The minimum absolute atomic E-state index is 0. The molecule has 13 heavy (non-hydrogen) atoms. The van der Waals surface area contributed by atoms with Gasteiger partial charge in [0.1, 0.15) is 0 Å². The van der Waals surface area contributed by atoms with Crippen LogP contribution < -0.4 is 0 Å². The van der Waals surface area contributed by atoms with E-state index in [4.69, 9.17) is 37.8 Å². The summed E-state index contributed by atoms with van der Waals surface area (Å²) < 4.78 is 33.8. The van der Waals surface area contributed by atoms with Gasteiger partial charge >= 0.3 is 61.0 Å². The fraction of sp³-hybridized carbons (Fsp3) is 0. The van der Waals surface area contributed by atoms with E-state index in [1.54, 1.807) is 0 Å². The summed E-state index contributed by atoms with van der Waals surface area (Å²) in [6.07, 6.45) is 0. The summed E-state index contributed by atoms with van der Waals surface area (Å²) in [7, 11) is -3.33. The number of rotatable bonds is 0. The molecule has 0 spiro atoms. The van der Waals surface area contributed by atoms with Crippen molar-refractivity contribution < 1.29 is 64.0 Å². The van der Waals surface area contributed by atoms with Crippen molar-refractivity contribution in [2.75, 3.05) is 0 Å². The number of hydrogen-bond donors (Lipinski definition) is 4. The Hall–Kier alpha value is 1.12. The van der Waals surface area contributed by atoms with E-state index in [1.807, 2.05) is 0 Å². The normalized spacial score (nSPS) is 6.46. The SMILES string of the molecule is O=PO.O=PO.O=PO.O=PO.[Zr+4]. The van der Waals surface area contributed by atoms with Gasteiger partial charge < -0.3 is 19.6 Å². The van der Waals surface area contributed by atoms with Gasteiger partial charge in [0.2, 0.25) is 0 Å². The molecule has 0 saturated heterocycles. The van der Waals surface area contributed by atoms with Gasteiger partial charge in [-0.2, -0.15) is 0 Å².